The third-order valence-corrected chi connectivity index (χ3v) is 7.91. The summed E-state index contributed by atoms with van der Waals surface area (Å²) in [5.41, 5.74) is 9.50. The highest BCUT2D eigenvalue weighted by atomic mass is 16.3. The second-order valence-electron chi connectivity index (χ2n) is 10.2. The number of aromatic hydroxyl groups is 1. The molecule has 0 saturated carbocycles. The molecule has 1 aromatic rings. The molecule has 0 unspecified atom stereocenters. The summed E-state index contributed by atoms with van der Waals surface area (Å²) in [5, 5.41) is 44.7. The van der Waals surface area contributed by atoms with Gasteiger partial charge in [0.25, 0.3) is 5.91 Å². The maximum atomic E-state index is 13.8. The van der Waals surface area contributed by atoms with Gasteiger partial charge in [-0.25, -0.2) is 0 Å². The minimum absolute atomic E-state index is 0.00102. The molecule has 10 nitrogen and oxygen atoms in total. The Kier molecular flexibility index (Phi) is 6.48. The number of benzene rings is 1. The SMILES string of the molecule is CCCCc1cc(CN)c(O)c2c1C[C@H]1C[C@H]3[C@@H](N(C)C)C(O)=C(C(N)=O)C(=O)[C@@]3(O)C(O)=C1C2=O. The minimum Gasteiger partial charge on any atom is -0.510 e. The quantitative estimate of drug-likeness (QED) is 0.309. The van der Waals surface area contributed by atoms with E-state index in [4.69, 9.17) is 11.5 Å². The van der Waals surface area contributed by atoms with E-state index in [1.807, 2.05) is 13.0 Å². The van der Waals surface area contributed by atoms with Gasteiger partial charge in [0.2, 0.25) is 5.78 Å². The van der Waals surface area contributed by atoms with Crippen molar-refractivity contribution < 1.29 is 34.8 Å². The second kappa shape index (κ2) is 9.02. The Hall–Kier alpha value is -3.21. The number of hydrogen-bond donors (Lipinski definition) is 6. The second-order valence-corrected chi connectivity index (χ2v) is 10.2. The molecule has 194 valence electrons. The number of fused-ring (bicyclic) bond motifs is 3. The van der Waals surface area contributed by atoms with Crippen LogP contribution < -0.4 is 11.5 Å². The molecule has 0 fully saturated rings. The average Bonchev–Trinajstić information content (AvgIpc) is 2.80. The zero-order chi connectivity index (χ0) is 26.7. The Bertz CT molecular complexity index is 1230. The number of unbranched alkanes of at least 4 members (excludes halogenated alkanes) is 1. The van der Waals surface area contributed by atoms with Gasteiger partial charge >= 0.3 is 0 Å². The van der Waals surface area contributed by atoms with Gasteiger partial charge in [0.1, 0.15) is 22.8 Å². The summed E-state index contributed by atoms with van der Waals surface area (Å²) >= 11 is 0. The Morgan fingerprint density at radius 1 is 1.19 bits per heavy atom. The summed E-state index contributed by atoms with van der Waals surface area (Å²) in [5.74, 6) is -6.54. The van der Waals surface area contributed by atoms with E-state index < -0.39 is 58.0 Å². The number of phenols is 1. The molecular formula is C26H33N3O7. The molecule has 3 aliphatic carbocycles. The number of ketones is 2. The number of aliphatic hydroxyl groups is 3. The zero-order valence-corrected chi connectivity index (χ0v) is 20.7. The fraction of sp³-hybridized carbons (Fsp3) is 0.500. The predicted molar refractivity (Wildman–Crippen MR) is 130 cm³/mol. The fourth-order valence-electron chi connectivity index (χ4n) is 6.20. The van der Waals surface area contributed by atoms with Crippen LogP contribution in [0.1, 0.15) is 53.2 Å². The first kappa shape index (κ1) is 25.9. The molecule has 0 spiro atoms. The molecule has 0 saturated heterocycles. The molecule has 8 N–H and O–H groups in total. The number of aryl methyl sites for hydroxylation is 1. The highest BCUT2D eigenvalue weighted by Crippen LogP contribution is 2.52. The lowest BCUT2D eigenvalue weighted by Gasteiger charge is -2.50. The third kappa shape index (κ3) is 3.47. The summed E-state index contributed by atoms with van der Waals surface area (Å²) in [4.78, 5) is 40.7. The number of carbonyl (C=O) groups excluding carboxylic acids is 3. The van der Waals surface area contributed by atoms with Crippen LogP contribution in [0.4, 0.5) is 0 Å². The van der Waals surface area contributed by atoms with Crippen LogP contribution in [0.2, 0.25) is 0 Å². The normalized spacial score (nSPS) is 27.8. The van der Waals surface area contributed by atoms with Crippen LogP contribution >= 0.6 is 0 Å². The summed E-state index contributed by atoms with van der Waals surface area (Å²) < 4.78 is 0. The number of rotatable bonds is 6. The van der Waals surface area contributed by atoms with Crippen molar-refractivity contribution in [2.45, 2.75) is 57.2 Å². The van der Waals surface area contributed by atoms with E-state index in [2.05, 4.69) is 0 Å². The summed E-state index contributed by atoms with van der Waals surface area (Å²) in [6, 6.07) is 0.800. The number of allylic oxidation sites excluding steroid dienone is 1. The number of carbonyl (C=O) groups is 3. The lowest BCUT2D eigenvalue weighted by molar-refractivity contribution is -0.148. The van der Waals surface area contributed by atoms with Crippen LogP contribution in [-0.2, 0) is 29.0 Å². The van der Waals surface area contributed by atoms with Crippen LogP contribution in [0.3, 0.4) is 0 Å². The van der Waals surface area contributed by atoms with Crippen molar-refractivity contribution in [2.75, 3.05) is 14.1 Å². The number of Topliss-reactive ketones (excluding diaryl/α,β-unsaturated/α-hetero) is 2. The molecule has 3 aliphatic rings. The smallest absolute Gasteiger partial charge is 0.255 e. The number of hydrogen-bond acceptors (Lipinski definition) is 9. The lowest BCUT2D eigenvalue weighted by atomic mass is 9.58. The van der Waals surface area contributed by atoms with Gasteiger partial charge in [-0.05, 0) is 56.8 Å². The summed E-state index contributed by atoms with van der Waals surface area (Å²) in [6.07, 6.45) is 2.81. The standard InChI is InChI=1S/C26H33N3O7/c1-4-5-6-11-7-13(10-27)20(30)17-14(11)8-12-9-15-19(29(2)3)22(32)18(25(28)35)24(34)26(15,36)23(33)16(12)21(17)31/h7,12,15,19,30,32-33,36H,4-6,8-10,27H2,1-3H3,(H2,28,35)/t12-,15-,19+,26-/m0/s1. The van der Waals surface area contributed by atoms with Crippen molar-refractivity contribution in [1.82, 2.24) is 4.90 Å². The van der Waals surface area contributed by atoms with E-state index in [9.17, 15) is 34.8 Å². The molecule has 4 rings (SSSR count). The van der Waals surface area contributed by atoms with Gasteiger partial charge in [-0.15, -0.1) is 0 Å². The first-order valence-electron chi connectivity index (χ1n) is 12.1. The van der Waals surface area contributed by atoms with Crippen molar-refractivity contribution in [3.8, 4) is 5.75 Å². The molecule has 4 atom stereocenters. The van der Waals surface area contributed by atoms with Crippen molar-refractivity contribution in [3.63, 3.8) is 0 Å². The van der Waals surface area contributed by atoms with Gasteiger partial charge in [0.05, 0.1) is 11.6 Å². The number of likely N-dealkylation sites (N-methyl/N-ethyl adjacent to an activating group) is 1. The maximum absolute atomic E-state index is 13.8. The number of phenolic OH excluding ortho intramolecular Hbond substituents is 1. The highest BCUT2D eigenvalue weighted by Gasteiger charge is 2.63. The topological polar surface area (TPSA) is 187 Å². The Morgan fingerprint density at radius 2 is 1.86 bits per heavy atom. The molecule has 1 amide bonds. The van der Waals surface area contributed by atoms with Crippen molar-refractivity contribution in [1.29, 1.82) is 0 Å². The van der Waals surface area contributed by atoms with E-state index in [0.29, 0.717) is 17.5 Å². The van der Waals surface area contributed by atoms with Crippen LogP contribution in [0.5, 0.6) is 5.75 Å². The van der Waals surface area contributed by atoms with Gasteiger partial charge in [0.15, 0.2) is 11.4 Å². The number of nitrogens with two attached hydrogens (primary N) is 2. The van der Waals surface area contributed by atoms with Gasteiger partial charge in [-0.3, -0.25) is 19.3 Å². The molecule has 0 aliphatic heterocycles. The van der Waals surface area contributed by atoms with Crippen molar-refractivity contribution in [2.24, 2.45) is 23.3 Å². The Labute approximate surface area is 208 Å². The van der Waals surface area contributed by atoms with E-state index in [1.165, 1.54) is 4.90 Å². The van der Waals surface area contributed by atoms with Crippen LogP contribution in [-0.4, -0.2) is 68.5 Å². The molecule has 0 bridgehead atoms. The number of nitrogens with zero attached hydrogens (tertiary/aromatic N) is 1. The number of primary amides is 1. The molecule has 0 heterocycles. The zero-order valence-electron chi connectivity index (χ0n) is 20.7. The van der Waals surface area contributed by atoms with Gasteiger partial charge in [-0.1, -0.05) is 19.4 Å². The van der Waals surface area contributed by atoms with Gasteiger partial charge in [0, 0.05) is 23.6 Å². The largest absolute Gasteiger partial charge is 0.510 e. The molecule has 0 radical (unpaired) electrons. The maximum Gasteiger partial charge on any atom is 0.255 e. The van der Waals surface area contributed by atoms with Gasteiger partial charge in [-0.2, -0.15) is 0 Å². The Balaban J connectivity index is 1.96. The molecule has 36 heavy (non-hydrogen) atoms. The van der Waals surface area contributed by atoms with Crippen LogP contribution in [0.25, 0.3) is 0 Å². The summed E-state index contributed by atoms with van der Waals surface area (Å²) in [6.45, 7) is 2.05. The number of aliphatic hydroxyl groups excluding tert-OH is 2. The first-order chi connectivity index (χ1) is 16.9. The van der Waals surface area contributed by atoms with Crippen LogP contribution in [0, 0.1) is 11.8 Å². The molecular weight excluding hydrogens is 466 g/mol. The lowest BCUT2D eigenvalue weighted by Crippen LogP contribution is -2.63. The third-order valence-electron chi connectivity index (χ3n) is 7.91. The monoisotopic (exact) mass is 499 g/mol. The molecule has 10 heteroatoms. The fourth-order valence-corrected chi connectivity index (χ4v) is 6.20. The Morgan fingerprint density at radius 3 is 2.42 bits per heavy atom. The first-order valence-corrected chi connectivity index (χ1v) is 12.1. The van der Waals surface area contributed by atoms with Crippen LogP contribution in [0.15, 0.2) is 28.7 Å². The van der Waals surface area contributed by atoms with Crippen molar-refractivity contribution >= 4 is 17.5 Å². The predicted octanol–water partition coefficient (Wildman–Crippen LogP) is 0.922. The number of amides is 1. The minimum atomic E-state index is -2.64. The average molecular weight is 500 g/mol. The highest BCUT2D eigenvalue weighted by molar-refractivity contribution is 6.24. The van der Waals surface area contributed by atoms with E-state index in [1.54, 1.807) is 14.1 Å². The molecule has 1 aromatic carbocycles. The van der Waals surface area contributed by atoms with E-state index in [-0.39, 0.29) is 36.3 Å². The van der Waals surface area contributed by atoms with Crippen molar-refractivity contribution in [3.05, 3.63) is 51.0 Å². The van der Waals surface area contributed by atoms with E-state index in [0.717, 1.165) is 18.4 Å². The van der Waals surface area contributed by atoms with Gasteiger partial charge < -0.3 is 31.9 Å². The van der Waals surface area contributed by atoms with E-state index >= 15 is 0 Å². The summed E-state index contributed by atoms with van der Waals surface area (Å²) in [7, 11) is 3.20. The molecule has 0 aromatic heterocycles.